The Balaban J connectivity index is 2.13. The highest BCUT2D eigenvalue weighted by Gasteiger charge is 2.43. The largest absolute Gasteiger partial charge is 0.497 e. The zero-order valence-corrected chi connectivity index (χ0v) is 17.8. The van der Waals surface area contributed by atoms with E-state index in [9.17, 15) is 14.0 Å². The molecule has 7 nitrogen and oxygen atoms in total. The fraction of sp³-hybridized carbons (Fsp3) is 0.304. The van der Waals surface area contributed by atoms with Crippen molar-refractivity contribution in [1.29, 1.82) is 0 Å². The van der Waals surface area contributed by atoms with Crippen LogP contribution >= 0.6 is 0 Å². The van der Waals surface area contributed by atoms with E-state index < -0.39 is 17.6 Å². The van der Waals surface area contributed by atoms with E-state index >= 15 is 0 Å². The maximum Gasteiger partial charge on any atom is 0.282 e. The highest BCUT2D eigenvalue weighted by molar-refractivity contribution is 6.45. The molecule has 0 N–H and O–H groups in total. The van der Waals surface area contributed by atoms with Crippen LogP contribution in [0.3, 0.4) is 0 Å². The number of carbonyl (C=O) groups excluding carboxylic acids is 2. The fourth-order valence-electron chi connectivity index (χ4n) is 3.42. The van der Waals surface area contributed by atoms with Crippen LogP contribution in [-0.2, 0) is 19.1 Å². The summed E-state index contributed by atoms with van der Waals surface area (Å²) >= 11 is 0. The minimum atomic E-state index is -0.653. The molecule has 3 rings (SSSR count). The monoisotopic (exact) mass is 428 g/mol. The van der Waals surface area contributed by atoms with Crippen molar-refractivity contribution >= 4 is 23.1 Å². The van der Waals surface area contributed by atoms with Gasteiger partial charge in [0.1, 0.15) is 17.3 Å². The summed E-state index contributed by atoms with van der Waals surface area (Å²) in [5.41, 5.74) is 0.834. The third-order valence-electron chi connectivity index (χ3n) is 4.98. The Labute approximate surface area is 180 Å². The number of amides is 2. The number of anilines is 1. The minimum absolute atomic E-state index is 0.0862. The number of benzene rings is 2. The van der Waals surface area contributed by atoms with Gasteiger partial charge >= 0.3 is 0 Å². The molecular formula is C23H25FN2O5. The van der Waals surface area contributed by atoms with Gasteiger partial charge in [0.2, 0.25) is 0 Å². The molecule has 0 unspecified atom stereocenters. The van der Waals surface area contributed by atoms with Gasteiger partial charge in [-0.1, -0.05) is 24.3 Å². The summed E-state index contributed by atoms with van der Waals surface area (Å²) in [6, 6.07) is 12.5. The summed E-state index contributed by atoms with van der Waals surface area (Å²) in [7, 11) is 4.65. The molecule has 0 saturated heterocycles. The Bertz CT molecular complexity index is 966. The zero-order chi connectivity index (χ0) is 22.4. The number of para-hydroxylation sites is 1. The van der Waals surface area contributed by atoms with Crippen LogP contribution in [0.25, 0.3) is 5.57 Å². The second-order valence-corrected chi connectivity index (χ2v) is 6.82. The minimum Gasteiger partial charge on any atom is -0.497 e. The van der Waals surface area contributed by atoms with E-state index in [1.54, 1.807) is 56.6 Å². The van der Waals surface area contributed by atoms with E-state index in [-0.39, 0.29) is 17.0 Å². The Hall–Kier alpha value is -3.23. The number of ether oxygens (including phenoxy) is 3. The number of methoxy groups -OCH3 is 3. The van der Waals surface area contributed by atoms with Crippen LogP contribution in [0.15, 0.2) is 54.2 Å². The molecule has 2 aromatic rings. The first-order valence-electron chi connectivity index (χ1n) is 9.78. The molecular weight excluding hydrogens is 403 g/mol. The van der Waals surface area contributed by atoms with Crippen molar-refractivity contribution in [3.63, 3.8) is 0 Å². The van der Waals surface area contributed by atoms with Gasteiger partial charge in [0.25, 0.3) is 11.8 Å². The molecule has 2 aromatic carbocycles. The quantitative estimate of drug-likeness (QED) is 0.542. The molecule has 164 valence electrons. The number of carbonyl (C=O) groups is 2. The van der Waals surface area contributed by atoms with Crippen molar-refractivity contribution in [2.75, 3.05) is 52.5 Å². The van der Waals surface area contributed by atoms with Crippen LogP contribution in [0.2, 0.25) is 0 Å². The van der Waals surface area contributed by atoms with Gasteiger partial charge in [-0.15, -0.1) is 0 Å². The molecule has 1 aliphatic rings. The third-order valence-corrected chi connectivity index (χ3v) is 4.98. The van der Waals surface area contributed by atoms with Gasteiger partial charge in [0.15, 0.2) is 0 Å². The Morgan fingerprint density at radius 2 is 1.48 bits per heavy atom. The second-order valence-electron chi connectivity index (χ2n) is 6.82. The molecule has 8 heteroatoms. The van der Waals surface area contributed by atoms with Gasteiger partial charge in [-0.25, -0.2) is 9.29 Å². The number of imide groups is 1. The molecule has 0 fully saturated rings. The predicted octanol–water partition coefficient (Wildman–Crippen LogP) is 2.71. The van der Waals surface area contributed by atoms with Crippen LogP contribution in [0.1, 0.15) is 5.56 Å². The molecule has 1 aliphatic heterocycles. The second kappa shape index (κ2) is 10.2. The maximum absolute atomic E-state index is 14.5. The fourth-order valence-corrected chi connectivity index (χ4v) is 3.42. The van der Waals surface area contributed by atoms with Gasteiger partial charge in [-0.05, 0) is 29.8 Å². The summed E-state index contributed by atoms with van der Waals surface area (Å²) in [6.45, 7) is 1.40. The Morgan fingerprint density at radius 1 is 0.871 bits per heavy atom. The first kappa shape index (κ1) is 22.5. The van der Waals surface area contributed by atoms with E-state index in [4.69, 9.17) is 14.2 Å². The Morgan fingerprint density at radius 3 is 2.03 bits per heavy atom. The van der Waals surface area contributed by atoms with Crippen molar-refractivity contribution in [2.24, 2.45) is 0 Å². The third kappa shape index (κ3) is 4.60. The number of hydrogen-bond acceptors (Lipinski definition) is 6. The standard InChI is InChI=1S/C23H25FN2O5/c1-29-14-12-25(13-15-30-2)21-20(16-8-10-17(31-3)11-9-16)22(27)26(23(21)28)19-7-5-4-6-18(19)24/h4-11H,12-15H2,1-3H3. The SMILES string of the molecule is COCCN(CCOC)C1=C(c2ccc(OC)cc2)C(=O)N(c2ccccc2F)C1=O. The molecule has 0 aliphatic carbocycles. The molecule has 0 atom stereocenters. The van der Waals surface area contributed by atoms with Crippen LogP contribution in [-0.4, -0.2) is 64.3 Å². The lowest BCUT2D eigenvalue weighted by atomic mass is 10.0. The molecule has 0 radical (unpaired) electrons. The number of nitrogens with zero attached hydrogens (tertiary/aromatic N) is 2. The van der Waals surface area contributed by atoms with Crippen LogP contribution in [0, 0.1) is 5.82 Å². The average molecular weight is 428 g/mol. The first-order chi connectivity index (χ1) is 15.0. The van der Waals surface area contributed by atoms with Crippen molar-refractivity contribution in [2.45, 2.75) is 0 Å². The van der Waals surface area contributed by atoms with E-state index in [1.807, 2.05) is 0 Å². The average Bonchev–Trinajstić information content (AvgIpc) is 3.04. The van der Waals surface area contributed by atoms with Gasteiger partial charge in [-0.2, -0.15) is 0 Å². The maximum atomic E-state index is 14.5. The van der Waals surface area contributed by atoms with Crippen LogP contribution < -0.4 is 9.64 Å². The van der Waals surface area contributed by atoms with Gasteiger partial charge in [0, 0.05) is 27.3 Å². The lowest BCUT2D eigenvalue weighted by molar-refractivity contribution is -0.120. The highest BCUT2D eigenvalue weighted by atomic mass is 19.1. The van der Waals surface area contributed by atoms with E-state index in [0.29, 0.717) is 37.6 Å². The van der Waals surface area contributed by atoms with Crippen molar-refractivity contribution < 1.29 is 28.2 Å². The van der Waals surface area contributed by atoms with Gasteiger partial charge in [-0.3, -0.25) is 9.59 Å². The lowest BCUT2D eigenvalue weighted by Gasteiger charge is -2.25. The first-order valence-corrected chi connectivity index (χ1v) is 9.78. The molecule has 0 spiro atoms. The molecule has 2 amide bonds. The van der Waals surface area contributed by atoms with Crippen molar-refractivity contribution in [1.82, 2.24) is 4.90 Å². The summed E-state index contributed by atoms with van der Waals surface area (Å²) < 4.78 is 30.1. The smallest absolute Gasteiger partial charge is 0.282 e. The van der Waals surface area contributed by atoms with Gasteiger partial charge in [0.05, 0.1) is 31.6 Å². The van der Waals surface area contributed by atoms with Crippen LogP contribution in [0.4, 0.5) is 10.1 Å². The molecule has 0 aromatic heterocycles. The lowest BCUT2D eigenvalue weighted by Crippen LogP contribution is -2.38. The molecule has 0 saturated carbocycles. The normalized spacial score (nSPS) is 13.9. The molecule has 31 heavy (non-hydrogen) atoms. The summed E-state index contributed by atoms with van der Waals surface area (Å²) in [4.78, 5) is 29.6. The number of halogens is 1. The van der Waals surface area contributed by atoms with Crippen molar-refractivity contribution in [3.8, 4) is 5.75 Å². The van der Waals surface area contributed by atoms with Gasteiger partial charge < -0.3 is 19.1 Å². The van der Waals surface area contributed by atoms with E-state index in [1.165, 1.54) is 18.2 Å². The number of hydrogen-bond donors (Lipinski definition) is 0. The van der Waals surface area contributed by atoms with Crippen LogP contribution in [0.5, 0.6) is 5.75 Å². The summed E-state index contributed by atoms with van der Waals surface area (Å²) in [5, 5.41) is 0. The predicted molar refractivity (Wildman–Crippen MR) is 114 cm³/mol. The Kier molecular flexibility index (Phi) is 7.38. The molecule has 0 bridgehead atoms. The summed E-state index contributed by atoms with van der Waals surface area (Å²) in [5.74, 6) is -1.22. The van der Waals surface area contributed by atoms with Crippen molar-refractivity contribution in [3.05, 3.63) is 65.6 Å². The molecule has 1 heterocycles. The highest BCUT2D eigenvalue weighted by Crippen LogP contribution is 2.36. The number of rotatable bonds is 10. The topological polar surface area (TPSA) is 68.3 Å². The van der Waals surface area contributed by atoms with E-state index in [2.05, 4.69) is 0 Å². The zero-order valence-electron chi connectivity index (χ0n) is 17.8. The van der Waals surface area contributed by atoms with E-state index in [0.717, 1.165) is 4.90 Å². The summed E-state index contributed by atoms with van der Waals surface area (Å²) in [6.07, 6.45) is 0.